The normalized spacial score (nSPS) is 21.3. The molecule has 0 aromatic carbocycles. The minimum Gasteiger partial charge on any atom is -0.756 e. The number of ether oxygens (including phenoxy) is 1. The molecular weight excluding hydrogens is 915 g/mol. The van der Waals surface area contributed by atoms with Crippen LogP contribution in [0.3, 0.4) is 0 Å². The maximum Gasteiger partial charge on any atom is 0.274 e. The third kappa shape index (κ3) is 19.5. The number of anilines is 1. The van der Waals surface area contributed by atoms with Crippen molar-refractivity contribution in [2.75, 3.05) is 37.1 Å². The third-order valence-corrected chi connectivity index (χ3v) is 13.6. The van der Waals surface area contributed by atoms with Crippen LogP contribution in [0.15, 0.2) is 12.7 Å². The molecule has 0 aliphatic carbocycles. The quantitative estimate of drug-likeness (QED) is 0.0343. The molecule has 360 valence electrons. The summed E-state index contributed by atoms with van der Waals surface area (Å²) in [6.07, 6.45) is 6.25. The van der Waals surface area contributed by atoms with Crippen LogP contribution in [0, 0.1) is 5.41 Å². The lowest BCUT2D eigenvalue weighted by molar-refractivity contribution is -0.247. The number of nitrogens with two attached hydrogens (primary N) is 1. The molecule has 3 heterocycles. The smallest absolute Gasteiger partial charge is 0.274 e. The molecule has 0 radical (unpaired) electrons. The molecular formula is C35H59N7O17P3S-3. The van der Waals surface area contributed by atoms with E-state index in [1.165, 1.54) is 77.0 Å². The Balaban J connectivity index is 1.35. The Morgan fingerprint density at radius 2 is 1.57 bits per heavy atom. The number of nitrogens with one attached hydrogen (secondary N) is 2. The predicted octanol–water partition coefficient (Wildman–Crippen LogP) is 1.47. The average molecular weight is 975 g/mol. The van der Waals surface area contributed by atoms with E-state index in [2.05, 4.69) is 50.4 Å². The minimum atomic E-state index is -5.90. The van der Waals surface area contributed by atoms with E-state index in [1.807, 2.05) is 0 Å². The van der Waals surface area contributed by atoms with E-state index in [1.54, 1.807) is 0 Å². The van der Waals surface area contributed by atoms with Gasteiger partial charge in [0.05, 0.1) is 31.2 Å². The number of fused-ring (bicyclic) bond motifs is 1. The number of thioether (sulfide) groups is 1. The molecule has 8 atom stereocenters. The van der Waals surface area contributed by atoms with Gasteiger partial charge in [-0.05, 0) is 6.42 Å². The molecule has 1 aliphatic heterocycles. The van der Waals surface area contributed by atoms with Gasteiger partial charge in [0.15, 0.2) is 17.7 Å². The van der Waals surface area contributed by atoms with Gasteiger partial charge in [0, 0.05) is 24.8 Å². The summed E-state index contributed by atoms with van der Waals surface area (Å²) >= 11 is 1.26. The number of nitrogen functional groups attached to an aromatic ring is 1. The number of aromatic nitrogens is 4. The fourth-order valence-corrected chi connectivity index (χ4v) is 9.76. The highest BCUT2D eigenvalue weighted by atomic mass is 32.2. The van der Waals surface area contributed by atoms with Gasteiger partial charge in [-0.25, -0.2) is 19.3 Å². The molecule has 2 aromatic rings. The van der Waals surface area contributed by atoms with Crippen LogP contribution >= 0.6 is 35.2 Å². The first-order chi connectivity index (χ1) is 29.6. The van der Waals surface area contributed by atoms with Gasteiger partial charge in [-0.15, -0.1) is 11.8 Å². The minimum absolute atomic E-state index is 0.00279. The predicted molar refractivity (Wildman–Crippen MR) is 222 cm³/mol. The van der Waals surface area contributed by atoms with Crippen LogP contribution in [0.1, 0.15) is 110 Å². The summed E-state index contributed by atoms with van der Waals surface area (Å²) in [6, 6.07) is 0. The Labute approximate surface area is 369 Å². The van der Waals surface area contributed by atoms with Gasteiger partial charge in [-0.1, -0.05) is 85.0 Å². The van der Waals surface area contributed by atoms with E-state index in [0.29, 0.717) is 6.42 Å². The standard InChI is InChI=1S/C35H62N7O17P3S/c1-4-5-6-7-8-9-10-11-12-13-14-15-24(43)19-63-23-41-26(44)16-17-37-33(47)30(46)35(2,3)20-56-62(53,54)59-61(51,52)55-18-25-29(58-60(48,49)50)28(45)34(57-25)42-22-40-27-31(36)38-21-39-32(27)42/h21-22,25,28-30,34,45-46H,4-20,23H2,1-3H3,(H,37,47)(H,41,44)(H,51,52)(H,53,54)(H2,36,38,39)(H2,48,49,50)/p-3/t25-,28-,29-,30+,34-/m1/s1. The van der Waals surface area contributed by atoms with Crippen LogP contribution in [0.5, 0.6) is 0 Å². The van der Waals surface area contributed by atoms with Gasteiger partial charge in [0.2, 0.25) is 11.8 Å². The Kier molecular flexibility index (Phi) is 22.7. The zero-order chi connectivity index (χ0) is 46.8. The molecule has 0 spiro atoms. The molecule has 1 saturated heterocycles. The molecule has 24 nitrogen and oxygen atoms in total. The number of phosphoric acid groups is 3. The van der Waals surface area contributed by atoms with Gasteiger partial charge in [0.25, 0.3) is 23.5 Å². The van der Waals surface area contributed by atoms with Gasteiger partial charge >= 0.3 is 0 Å². The summed E-state index contributed by atoms with van der Waals surface area (Å²) < 4.78 is 61.1. The Morgan fingerprint density at radius 3 is 2.21 bits per heavy atom. The van der Waals surface area contributed by atoms with Crippen molar-refractivity contribution in [2.45, 2.75) is 135 Å². The van der Waals surface area contributed by atoms with Gasteiger partial charge in [0.1, 0.15) is 42.0 Å². The highest BCUT2D eigenvalue weighted by Crippen LogP contribution is 2.56. The van der Waals surface area contributed by atoms with Crippen molar-refractivity contribution in [3.63, 3.8) is 0 Å². The molecule has 2 aromatic heterocycles. The Bertz CT molecular complexity index is 1920. The molecule has 3 rings (SSSR count). The lowest BCUT2D eigenvalue weighted by atomic mass is 9.87. The number of rotatable bonds is 32. The second-order valence-corrected chi connectivity index (χ2v) is 20.7. The van der Waals surface area contributed by atoms with Gasteiger partial charge in [-0.3, -0.25) is 32.6 Å². The summed E-state index contributed by atoms with van der Waals surface area (Å²) in [7, 11) is -17.3. The van der Waals surface area contributed by atoms with E-state index >= 15 is 0 Å². The summed E-state index contributed by atoms with van der Waals surface area (Å²) in [5.74, 6) is -0.957. The largest absolute Gasteiger partial charge is 0.756 e. The molecule has 3 unspecified atom stereocenters. The number of phosphoric ester groups is 3. The van der Waals surface area contributed by atoms with Crippen molar-refractivity contribution in [1.29, 1.82) is 0 Å². The molecule has 0 bridgehead atoms. The van der Waals surface area contributed by atoms with Gasteiger partial charge in [-0.2, -0.15) is 0 Å². The summed E-state index contributed by atoms with van der Waals surface area (Å²) in [6.45, 7) is 2.21. The highest BCUT2D eigenvalue weighted by Gasteiger charge is 2.48. The second kappa shape index (κ2) is 26.0. The van der Waals surface area contributed by atoms with Crippen LogP contribution < -0.4 is 31.0 Å². The van der Waals surface area contributed by atoms with Crippen molar-refractivity contribution in [3.8, 4) is 0 Å². The van der Waals surface area contributed by atoms with E-state index in [9.17, 15) is 57.9 Å². The van der Waals surface area contributed by atoms with Crippen molar-refractivity contribution >= 4 is 69.8 Å². The number of aliphatic hydroxyl groups excluding tert-OH is 2. The summed E-state index contributed by atoms with van der Waals surface area (Å²) in [5, 5.41) is 26.4. The molecule has 7 N–H and O–H groups in total. The number of hydrogen-bond acceptors (Lipinski definition) is 21. The molecule has 1 aliphatic rings. The number of carbonyl (C=O) groups excluding carboxylic acids is 3. The third-order valence-electron chi connectivity index (χ3n) is 9.75. The van der Waals surface area contributed by atoms with Crippen LogP contribution in [0.2, 0.25) is 0 Å². The first kappa shape index (κ1) is 54.9. The SMILES string of the molecule is CCCCCCCCCCCCCC(=O)CSCNC(=O)CCNC(=O)[C@H](O)C(C)(C)COP(=O)([O-])OP(=O)([O-])OC[C@H]1O[C@@H](n2cnc3c(N)ncnc32)[C@H](O)[C@@H]1OP(=O)([O-])O. The molecule has 2 amide bonds. The fraction of sp³-hybridized carbons (Fsp3) is 0.771. The number of aliphatic hydroxyl groups is 2. The monoisotopic (exact) mass is 974 g/mol. The van der Waals surface area contributed by atoms with Gasteiger partial charge < -0.3 is 64.5 Å². The number of amides is 2. The van der Waals surface area contributed by atoms with E-state index < -0.39 is 84.6 Å². The topological polar surface area (TPSA) is 372 Å². The average Bonchev–Trinajstić information content (AvgIpc) is 3.76. The first-order valence-electron chi connectivity index (χ1n) is 20.5. The summed E-state index contributed by atoms with van der Waals surface area (Å²) in [5.41, 5.74) is 4.13. The van der Waals surface area contributed by atoms with Crippen molar-refractivity contribution in [3.05, 3.63) is 12.7 Å². The van der Waals surface area contributed by atoms with Crippen molar-refractivity contribution < 1.29 is 80.5 Å². The molecule has 1 fully saturated rings. The van der Waals surface area contributed by atoms with Crippen LogP contribution in [0.25, 0.3) is 11.2 Å². The zero-order valence-corrected chi connectivity index (χ0v) is 38.9. The number of imidazole rings is 1. The number of nitrogens with zero attached hydrogens (tertiary/aromatic N) is 4. The lowest BCUT2D eigenvalue weighted by Gasteiger charge is -2.35. The zero-order valence-electron chi connectivity index (χ0n) is 35.4. The Morgan fingerprint density at radius 1 is 0.952 bits per heavy atom. The van der Waals surface area contributed by atoms with Crippen molar-refractivity contribution in [2.24, 2.45) is 5.41 Å². The Hall–Kier alpha value is -2.44. The second-order valence-electron chi connectivity index (χ2n) is 15.6. The van der Waals surface area contributed by atoms with Crippen molar-refractivity contribution in [1.82, 2.24) is 30.2 Å². The lowest BCUT2D eigenvalue weighted by Crippen LogP contribution is -2.46. The number of ketones is 1. The van der Waals surface area contributed by atoms with Crippen LogP contribution in [-0.4, -0.2) is 108 Å². The number of hydrogen-bond donors (Lipinski definition) is 6. The summed E-state index contributed by atoms with van der Waals surface area (Å²) in [4.78, 5) is 94.6. The molecule has 28 heteroatoms. The maximum atomic E-state index is 12.6. The highest BCUT2D eigenvalue weighted by molar-refractivity contribution is 7.99. The van der Waals surface area contributed by atoms with E-state index in [4.69, 9.17) is 10.5 Å². The molecule has 0 saturated carbocycles. The first-order valence-corrected chi connectivity index (χ1v) is 26.1. The molecule has 63 heavy (non-hydrogen) atoms. The number of carbonyl (C=O) groups is 3. The van der Waals surface area contributed by atoms with E-state index in [0.717, 1.165) is 36.5 Å². The van der Waals surface area contributed by atoms with E-state index in [-0.39, 0.29) is 47.4 Å². The van der Waals surface area contributed by atoms with Crippen LogP contribution in [-0.2, 0) is 50.7 Å². The fourth-order valence-electron chi connectivity index (χ4n) is 6.28. The number of unbranched alkanes of at least 4 members (excludes halogenated alkanes) is 10. The van der Waals surface area contributed by atoms with Crippen LogP contribution in [0.4, 0.5) is 5.82 Å². The number of Topliss-reactive ketones (excluding diaryl/α,β-unsaturated/α-hetero) is 1. The maximum absolute atomic E-state index is 12.6.